The third kappa shape index (κ3) is 2.84. The molecule has 1 heterocycles. The van der Waals surface area contributed by atoms with E-state index in [0.717, 1.165) is 13.0 Å². The standard InChI is InChI=1S/C8H15N3OS/c1-9-8(13)10-6-3-4-7(12)11(2)5-6/h6H,3-5H2,1-2H3,(H2,9,10,13). The summed E-state index contributed by atoms with van der Waals surface area (Å²) in [5, 5.41) is 6.65. The van der Waals surface area contributed by atoms with Gasteiger partial charge in [-0.2, -0.15) is 0 Å². The maximum atomic E-state index is 11.1. The molecule has 5 heteroatoms. The number of piperidine rings is 1. The van der Waals surface area contributed by atoms with Crippen LogP contribution in [0, 0.1) is 0 Å². The van der Waals surface area contributed by atoms with E-state index in [0.29, 0.717) is 17.6 Å². The van der Waals surface area contributed by atoms with E-state index in [1.807, 2.05) is 7.05 Å². The molecule has 0 aromatic rings. The van der Waals surface area contributed by atoms with Gasteiger partial charge in [-0.25, -0.2) is 0 Å². The summed E-state index contributed by atoms with van der Waals surface area (Å²) in [5.74, 6) is 0.216. The second-order valence-electron chi connectivity index (χ2n) is 3.23. The summed E-state index contributed by atoms with van der Waals surface area (Å²) in [5.41, 5.74) is 0. The zero-order chi connectivity index (χ0) is 9.84. The molecule has 1 aliphatic rings. The lowest BCUT2D eigenvalue weighted by molar-refractivity contribution is -0.132. The third-order valence-electron chi connectivity index (χ3n) is 2.19. The summed E-state index contributed by atoms with van der Waals surface area (Å²) in [7, 11) is 3.60. The van der Waals surface area contributed by atoms with E-state index in [1.54, 1.807) is 11.9 Å². The van der Waals surface area contributed by atoms with Crippen LogP contribution in [0.4, 0.5) is 0 Å². The topological polar surface area (TPSA) is 44.4 Å². The Balaban J connectivity index is 2.37. The highest BCUT2D eigenvalue weighted by molar-refractivity contribution is 7.80. The number of thiocarbonyl (C=S) groups is 1. The van der Waals surface area contributed by atoms with E-state index in [1.165, 1.54) is 0 Å². The number of carbonyl (C=O) groups excluding carboxylic acids is 1. The van der Waals surface area contributed by atoms with Crippen LogP contribution in [0.3, 0.4) is 0 Å². The van der Waals surface area contributed by atoms with Crippen LogP contribution in [0.15, 0.2) is 0 Å². The maximum Gasteiger partial charge on any atom is 0.222 e. The first-order valence-corrected chi connectivity index (χ1v) is 4.76. The van der Waals surface area contributed by atoms with Crippen LogP contribution in [0.2, 0.25) is 0 Å². The van der Waals surface area contributed by atoms with Gasteiger partial charge in [-0.3, -0.25) is 4.79 Å². The fraction of sp³-hybridized carbons (Fsp3) is 0.750. The van der Waals surface area contributed by atoms with Gasteiger partial charge in [-0.05, 0) is 18.6 Å². The van der Waals surface area contributed by atoms with Crippen molar-refractivity contribution in [2.45, 2.75) is 18.9 Å². The summed E-state index contributed by atoms with van der Waals surface area (Å²) in [4.78, 5) is 12.9. The van der Waals surface area contributed by atoms with Crippen LogP contribution in [0.25, 0.3) is 0 Å². The molecule has 0 spiro atoms. The lowest BCUT2D eigenvalue weighted by Gasteiger charge is -2.30. The highest BCUT2D eigenvalue weighted by Crippen LogP contribution is 2.09. The van der Waals surface area contributed by atoms with Gasteiger partial charge >= 0.3 is 0 Å². The molecule has 1 rings (SSSR count). The fourth-order valence-corrected chi connectivity index (χ4v) is 1.55. The van der Waals surface area contributed by atoms with Gasteiger partial charge in [0.05, 0.1) is 0 Å². The van der Waals surface area contributed by atoms with Crippen molar-refractivity contribution < 1.29 is 4.79 Å². The molecule has 0 saturated carbocycles. The van der Waals surface area contributed by atoms with E-state index in [2.05, 4.69) is 10.6 Å². The number of rotatable bonds is 1. The van der Waals surface area contributed by atoms with Crippen molar-refractivity contribution in [3.05, 3.63) is 0 Å². The number of likely N-dealkylation sites (N-methyl/N-ethyl adjacent to an activating group) is 1. The minimum atomic E-state index is 0.216. The number of hydrogen-bond donors (Lipinski definition) is 2. The summed E-state index contributed by atoms with van der Waals surface area (Å²) in [6, 6.07) is 0.294. The molecule has 13 heavy (non-hydrogen) atoms. The molecule has 0 radical (unpaired) electrons. The predicted octanol–water partition coefficient (Wildman–Crippen LogP) is -0.299. The lowest BCUT2D eigenvalue weighted by atomic mass is 10.1. The number of hydrogen-bond acceptors (Lipinski definition) is 2. The zero-order valence-corrected chi connectivity index (χ0v) is 8.78. The van der Waals surface area contributed by atoms with Gasteiger partial charge in [0, 0.05) is 33.1 Å². The molecule has 0 bridgehead atoms. The Hall–Kier alpha value is -0.840. The Morgan fingerprint density at radius 3 is 2.92 bits per heavy atom. The van der Waals surface area contributed by atoms with E-state index in [9.17, 15) is 4.79 Å². The molecule has 0 aromatic carbocycles. The SMILES string of the molecule is CNC(=S)NC1CCC(=O)N(C)C1. The van der Waals surface area contributed by atoms with Crippen molar-refractivity contribution in [1.82, 2.24) is 15.5 Å². The molecule has 74 valence electrons. The van der Waals surface area contributed by atoms with Crippen molar-refractivity contribution in [3.63, 3.8) is 0 Å². The molecule has 0 aromatic heterocycles. The summed E-state index contributed by atoms with van der Waals surface area (Å²) < 4.78 is 0. The van der Waals surface area contributed by atoms with Crippen molar-refractivity contribution in [1.29, 1.82) is 0 Å². The lowest BCUT2D eigenvalue weighted by Crippen LogP contribution is -2.50. The smallest absolute Gasteiger partial charge is 0.222 e. The van der Waals surface area contributed by atoms with E-state index in [4.69, 9.17) is 12.2 Å². The van der Waals surface area contributed by atoms with Crippen LogP contribution in [-0.2, 0) is 4.79 Å². The second-order valence-corrected chi connectivity index (χ2v) is 3.64. The number of carbonyl (C=O) groups is 1. The van der Waals surface area contributed by atoms with Crippen LogP contribution in [-0.4, -0.2) is 42.6 Å². The molecule has 1 unspecified atom stereocenters. The Labute approximate surface area is 83.7 Å². The van der Waals surface area contributed by atoms with Crippen LogP contribution in [0.1, 0.15) is 12.8 Å². The molecule has 1 amide bonds. The van der Waals surface area contributed by atoms with Gasteiger partial charge in [-0.1, -0.05) is 0 Å². The maximum absolute atomic E-state index is 11.1. The molecule has 0 aliphatic carbocycles. The minimum absolute atomic E-state index is 0.216. The summed E-state index contributed by atoms with van der Waals surface area (Å²) >= 11 is 4.98. The van der Waals surface area contributed by atoms with Gasteiger partial charge in [0.25, 0.3) is 0 Å². The molecular formula is C8H15N3OS. The van der Waals surface area contributed by atoms with Crippen molar-refractivity contribution in [3.8, 4) is 0 Å². The molecule has 1 saturated heterocycles. The number of nitrogens with zero attached hydrogens (tertiary/aromatic N) is 1. The minimum Gasteiger partial charge on any atom is -0.366 e. The number of likely N-dealkylation sites (tertiary alicyclic amines) is 1. The quantitative estimate of drug-likeness (QED) is 0.572. The first-order chi connectivity index (χ1) is 6.13. The largest absolute Gasteiger partial charge is 0.366 e. The Morgan fingerprint density at radius 2 is 2.38 bits per heavy atom. The Bertz CT molecular complexity index is 219. The highest BCUT2D eigenvalue weighted by atomic mass is 32.1. The van der Waals surface area contributed by atoms with E-state index >= 15 is 0 Å². The molecule has 2 N–H and O–H groups in total. The van der Waals surface area contributed by atoms with Gasteiger partial charge in [0.15, 0.2) is 5.11 Å². The Kier molecular flexibility index (Phi) is 3.48. The number of amides is 1. The fourth-order valence-electron chi connectivity index (χ4n) is 1.39. The third-order valence-corrected chi connectivity index (χ3v) is 2.51. The van der Waals surface area contributed by atoms with Gasteiger partial charge in [0.1, 0.15) is 0 Å². The molecule has 4 nitrogen and oxygen atoms in total. The van der Waals surface area contributed by atoms with Crippen molar-refractivity contribution in [2.24, 2.45) is 0 Å². The Morgan fingerprint density at radius 1 is 1.69 bits per heavy atom. The molecule has 1 atom stereocenters. The van der Waals surface area contributed by atoms with Crippen LogP contribution in [0.5, 0.6) is 0 Å². The summed E-state index contributed by atoms with van der Waals surface area (Å²) in [6.07, 6.45) is 1.48. The average Bonchev–Trinajstić information content (AvgIpc) is 2.11. The van der Waals surface area contributed by atoms with Crippen LogP contribution < -0.4 is 10.6 Å². The molecule has 1 aliphatic heterocycles. The average molecular weight is 201 g/mol. The molecule has 1 fully saturated rings. The monoisotopic (exact) mass is 201 g/mol. The second kappa shape index (κ2) is 4.41. The van der Waals surface area contributed by atoms with Crippen molar-refractivity contribution >= 4 is 23.2 Å². The number of nitrogens with one attached hydrogen (secondary N) is 2. The van der Waals surface area contributed by atoms with Crippen molar-refractivity contribution in [2.75, 3.05) is 20.6 Å². The van der Waals surface area contributed by atoms with E-state index in [-0.39, 0.29) is 5.91 Å². The molecular weight excluding hydrogens is 186 g/mol. The van der Waals surface area contributed by atoms with Gasteiger partial charge < -0.3 is 15.5 Å². The zero-order valence-electron chi connectivity index (χ0n) is 7.96. The normalized spacial score (nSPS) is 22.8. The summed E-state index contributed by atoms with van der Waals surface area (Å²) in [6.45, 7) is 0.737. The van der Waals surface area contributed by atoms with E-state index < -0.39 is 0 Å². The first kappa shape index (κ1) is 10.2. The first-order valence-electron chi connectivity index (χ1n) is 4.35. The van der Waals surface area contributed by atoms with Gasteiger partial charge in [0.2, 0.25) is 5.91 Å². The van der Waals surface area contributed by atoms with Gasteiger partial charge in [-0.15, -0.1) is 0 Å². The van der Waals surface area contributed by atoms with Crippen LogP contribution >= 0.6 is 12.2 Å². The highest BCUT2D eigenvalue weighted by Gasteiger charge is 2.22. The predicted molar refractivity (Wildman–Crippen MR) is 55.5 cm³/mol.